The van der Waals surface area contributed by atoms with Gasteiger partial charge in [0.1, 0.15) is 0 Å². The van der Waals surface area contributed by atoms with Crippen LogP contribution >= 0.6 is 0 Å². The number of amides is 2. The highest BCUT2D eigenvalue weighted by Crippen LogP contribution is 2.26. The number of carbonyl (C=O) groups excluding carboxylic acids is 1. The molecule has 5 nitrogen and oxygen atoms in total. The van der Waals surface area contributed by atoms with Gasteiger partial charge in [-0.15, -0.1) is 0 Å². The predicted molar refractivity (Wildman–Crippen MR) is 70.0 cm³/mol. The van der Waals surface area contributed by atoms with Crippen molar-refractivity contribution in [2.75, 3.05) is 20.1 Å². The van der Waals surface area contributed by atoms with Crippen molar-refractivity contribution in [3.05, 3.63) is 30.1 Å². The van der Waals surface area contributed by atoms with E-state index in [0.29, 0.717) is 13.1 Å². The van der Waals surface area contributed by atoms with Gasteiger partial charge in [0.05, 0.1) is 11.7 Å². The van der Waals surface area contributed by atoms with Crippen LogP contribution in [0.1, 0.15) is 25.1 Å². The molecule has 2 atom stereocenters. The Labute approximate surface area is 108 Å². The van der Waals surface area contributed by atoms with E-state index in [1.165, 1.54) is 0 Å². The van der Waals surface area contributed by atoms with Crippen LogP contribution in [0.3, 0.4) is 0 Å². The maximum absolute atomic E-state index is 12.1. The van der Waals surface area contributed by atoms with Gasteiger partial charge in [-0.2, -0.15) is 0 Å². The van der Waals surface area contributed by atoms with Gasteiger partial charge >= 0.3 is 6.03 Å². The SMILES string of the molecule is CC(N)CCN1CC(c2ccccn2)N(C)C1=O. The Balaban J connectivity index is 2.05. The molecule has 2 heterocycles. The fourth-order valence-corrected chi connectivity index (χ4v) is 2.18. The van der Waals surface area contributed by atoms with Crippen LogP contribution in [0.25, 0.3) is 0 Å². The van der Waals surface area contributed by atoms with Crippen LogP contribution < -0.4 is 5.73 Å². The van der Waals surface area contributed by atoms with E-state index in [1.54, 1.807) is 11.1 Å². The van der Waals surface area contributed by atoms with Gasteiger partial charge in [0.15, 0.2) is 0 Å². The lowest BCUT2D eigenvalue weighted by atomic mass is 10.2. The largest absolute Gasteiger partial charge is 0.328 e. The molecule has 0 aliphatic carbocycles. The lowest BCUT2D eigenvalue weighted by molar-refractivity contribution is 0.194. The second kappa shape index (κ2) is 5.35. The minimum absolute atomic E-state index is 0.0479. The zero-order valence-corrected chi connectivity index (χ0v) is 10.9. The molecule has 1 aromatic heterocycles. The summed E-state index contributed by atoms with van der Waals surface area (Å²) in [6.45, 7) is 3.36. The minimum atomic E-state index is 0.0479. The van der Waals surface area contributed by atoms with Gasteiger partial charge in [-0.25, -0.2) is 4.79 Å². The number of pyridine rings is 1. The number of aromatic nitrogens is 1. The van der Waals surface area contributed by atoms with Gasteiger partial charge in [0.25, 0.3) is 0 Å². The van der Waals surface area contributed by atoms with Crippen molar-refractivity contribution in [1.29, 1.82) is 0 Å². The summed E-state index contributed by atoms with van der Waals surface area (Å²) in [5.74, 6) is 0. The summed E-state index contributed by atoms with van der Waals surface area (Å²) in [5, 5.41) is 0. The summed E-state index contributed by atoms with van der Waals surface area (Å²) in [5.41, 5.74) is 6.67. The molecule has 1 saturated heterocycles. The highest BCUT2D eigenvalue weighted by Gasteiger charge is 2.35. The van der Waals surface area contributed by atoms with Crippen molar-refractivity contribution < 1.29 is 4.79 Å². The highest BCUT2D eigenvalue weighted by molar-refractivity contribution is 5.77. The van der Waals surface area contributed by atoms with Crippen molar-refractivity contribution in [2.45, 2.75) is 25.4 Å². The van der Waals surface area contributed by atoms with Crippen LogP contribution in [0, 0.1) is 0 Å². The summed E-state index contributed by atoms with van der Waals surface area (Å²) in [7, 11) is 1.83. The van der Waals surface area contributed by atoms with Crippen LogP contribution in [-0.4, -0.2) is 47.0 Å². The van der Waals surface area contributed by atoms with E-state index in [1.807, 2.05) is 37.1 Å². The minimum Gasteiger partial charge on any atom is -0.328 e. The molecule has 0 aromatic carbocycles. The van der Waals surface area contributed by atoms with Gasteiger partial charge in [-0.05, 0) is 25.5 Å². The summed E-state index contributed by atoms with van der Waals surface area (Å²) < 4.78 is 0. The first-order chi connectivity index (χ1) is 8.59. The molecular weight excluding hydrogens is 228 g/mol. The summed E-state index contributed by atoms with van der Waals surface area (Å²) in [4.78, 5) is 20.0. The van der Waals surface area contributed by atoms with Gasteiger partial charge in [-0.3, -0.25) is 4.98 Å². The second-order valence-corrected chi connectivity index (χ2v) is 4.88. The Morgan fingerprint density at radius 3 is 2.94 bits per heavy atom. The van der Waals surface area contributed by atoms with E-state index in [9.17, 15) is 4.79 Å². The standard InChI is InChI=1S/C13H20N4O/c1-10(14)6-8-17-9-12(16(2)13(17)18)11-5-3-4-7-15-11/h3-5,7,10,12H,6,8-9,14H2,1-2H3. The Morgan fingerprint density at radius 1 is 1.56 bits per heavy atom. The van der Waals surface area contributed by atoms with E-state index < -0.39 is 0 Å². The third-order valence-corrected chi connectivity index (χ3v) is 3.32. The molecule has 1 fully saturated rings. The third kappa shape index (κ3) is 2.61. The molecule has 1 aliphatic rings. The van der Waals surface area contributed by atoms with Crippen LogP contribution in [-0.2, 0) is 0 Å². The number of rotatable bonds is 4. The Hall–Kier alpha value is -1.62. The van der Waals surface area contributed by atoms with Crippen LogP contribution in [0.4, 0.5) is 4.79 Å². The monoisotopic (exact) mass is 248 g/mol. The van der Waals surface area contributed by atoms with E-state index >= 15 is 0 Å². The summed E-state index contributed by atoms with van der Waals surface area (Å²) >= 11 is 0. The molecule has 2 unspecified atom stereocenters. The van der Waals surface area contributed by atoms with Crippen molar-refractivity contribution in [1.82, 2.24) is 14.8 Å². The van der Waals surface area contributed by atoms with Crippen LogP contribution in [0.15, 0.2) is 24.4 Å². The van der Waals surface area contributed by atoms with Gasteiger partial charge in [-0.1, -0.05) is 6.07 Å². The number of urea groups is 1. The molecule has 1 aliphatic heterocycles. The molecule has 0 bridgehead atoms. The maximum Gasteiger partial charge on any atom is 0.320 e. The normalized spacial score (nSPS) is 21.5. The lowest BCUT2D eigenvalue weighted by Crippen LogP contribution is -2.32. The Morgan fingerprint density at radius 2 is 2.33 bits per heavy atom. The molecule has 2 amide bonds. The van der Waals surface area contributed by atoms with E-state index in [-0.39, 0.29) is 18.1 Å². The van der Waals surface area contributed by atoms with Crippen molar-refractivity contribution in [3.63, 3.8) is 0 Å². The lowest BCUT2D eigenvalue weighted by Gasteiger charge is -2.17. The summed E-state index contributed by atoms with van der Waals surface area (Å²) in [6, 6.07) is 6.03. The van der Waals surface area contributed by atoms with Crippen molar-refractivity contribution in [2.24, 2.45) is 5.73 Å². The summed E-state index contributed by atoms with van der Waals surface area (Å²) in [6.07, 6.45) is 2.59. The molecule has 18 heavy (non-hydrogen) atoms. The molecule has 2 N–H and O–H groups in total. The molecule has 0 saturated carbocycles. The van der Waals surface area contributed by atoms with Crippen LogP contribution in [0.5, 0.6) is 0 Å². The van der Waals surface area contributed by atoms with Gasteiger partial charge < -0.3 is 15.5 Å². The average Bonchev–Trinajstić information content (AvgIpc) is 2.65. The number of hydrogen-bond acceptors (Lipinski definition) is 3. The molecule has 0 radical (unpaired) electrons. The fraction of sp³-hybridized carbons (Fsp3) is 0.538. The first kappa shape index (κ1) is 12.8. The van der Waals surface area contributed by atoms with E-state index in [4.69, 9.17) is 5.73 Å². The molecule has 5 heteroatoms. The highest BCUT2D eigenvalue weighted by atomic mass is 16.2. The number of nitrogens with two attached hydrogens (primary N) is 1. The third-order valence-electron chi connectivity index (χ3n) is 3.32. The number of hydrogen-bond donors (Lipinski definition) is 1. The van der Waals surface area contributed by atoms with Crippen LogP contribution in [0.2, 0.25) is 0 Å². The topological polar surface area (TPSA) is 62.5 Å². The van der Waals surface area contributed by atoms with Crippen molar-refractivity contribution >= 4 is 6.03 Å². The molecular formula is C13H20N4O. The average molecular weight is 248 g/mol. The number of likely N-dealkylation sites (N-methyl/N-ethyl adjacent to an activating group) is 1. The quantitative estimate of drug-likeness (QED) is 0.871. The van der Waals surface area contributed by atoms with E-state index in [0.717, 1.165) is 12.1 Å². The molecule has 0 spiro atoms. The first-order valence-corrected chi connectivity index (χ1v) is 6.28. The Kier molecular flexibility index (Phi) is 3.81. The zero-order valence-electron chi connectivity index (χ0n) is 10.9. The molecule has 1 aromatic rings. The van der Waals surface area contributed by atoms with Crippen molar-refractivity contribution in [3.8, 4) is 0 Å². The molecule has 98 valence electrons. The maximum atomic E-state index is 12.1. The smallest absolute Gasteiger partial charge is 0.320 e. The van der Waals surface area contributed by atoms with E-state index in [2.05, 4.69) is 4.98 Å². The Bertz CT molecular complexity index is 407. The van der Waals surface area contributed by atoms with Gasteiger partial charge in [0, 0.05) is 32.4 Å². The zero-order chi connectivity index (χ0) is 13.1. The number of carbonyl (C=O) groups is 1. The fourth-order valence-electron chi connectivity index (χ4n) is 2.18. The first-order valence-electron chi connectivity index (χ1n) is 6.28. The van der Waals surface area contributed by atoms with Gasteiger partial charge in [0.2, 0.25) is 0 Å². The number of nitrogens with zero attached hydrogens (tertiary/aromatic N) is 3. The second-order valence-electron chi connectivity index (χ2n) is 4.88. The predicted octanol–water partition coefficient (Wildman–Crippen LogP) is 1.23. The molecule has 2 rings (SSSR count).